The van der Waals surface area contributed by atoms with Gasteiger partial charge in [-0.05, 0) is 17.4 Å². The summed E-state index contributed by atoms with van der Waals surface area (Å²) in [4.78, 5) is 8.04. The maximum atomic E-state index is 11.4. The first-order valence-corrected chi connectivity index (χ1v) is 6.19. The second-order valence-electron chi connectivity index (χ2n) is 3.46. The molecule has 0 spiro atoms. The maximum absolute atomic E-state index is 11.4. The molecule has 3 nitrogen and oxygen atoms in total. The molecule has 0 aliphatic rings. The molecule has 0 fully saturated rings. The van der Waals surface area contributed by atoms with E-state index in [1.807, 2.05) is 0 Å². The summed E-state index contributed by atoms with van der Waals surface area (Å²) in [5.74, 6) is 3.91. The lowest BCUT2D eigenvalue weighted by Crippen LogP contribution is -2.04. The Hall–Kier alpha value is -0.900. The van der Waals surface area contributed by atoms with E-state index < -0.39 is 9.52 Å². The SMILES string of the molecule is C=S(C)(=O)c1ncc(C(C)C)cn1. The highest BCUT2D eigenvalue weighted by atomic mass is 32.2. The van der Waals surface area contributed by atoms with Gasteiger partial charge in [0.15, 0.2) is 0 Å². The van der Waals surface area contributed by atoms with Crippen molar-refractivity contribution in [1.82, 2.24) is 9.97 Å². The van der Waals surface area contributed by atoms with Crippen LogP contribution < -0.4 is 0 Å². The summed E-state index contributed by atoms with van der Waals surface area (Å²) < 4.78 is 11.4. The molecular formula is C9H14N2OS. The first-order chi connectivity index (χ1) is 5.91. The van der Waals surface area contributed by atoms with Crippen LogP contribution in [-0.2, 0) is 9.52 Å². The average Bonchev–Trinajstić information content (AvgIpc) is 2.03. The molecule has 1 atom stereocenters. The number of aromatic nitrogens is 2. The van der Waals surface area contributed by atoms with E-state index in [9.17, 15) is 4.21 Å². The Bertz CT molecular complexity index is 379. The lowest BCUT2D eigenvalue weighted by Gasteiger charge is -2.05. The van der Waals surface area contributed by atoms with E-state index in [4.69, 9.17) is 0 Å². The zero-order chi connectivity index (χ0) is 10.1. The summed E-state index contributed by atoms with van der Waals surface area (Å²) in [7, 11) is -2.27. The Morgan fingerprint density at radius 2 is 1.85 bits per heavy atom. The third kappa shape index (κ3) is 2.52. The molecule has 1 aromatic heterocycles. The average molecular weight is 198 g/mol. The van der Waals surface area contributed by atoms with E-state index in [1.165, 1.54) is 6.26 Å². The molecule has 0 bridgehead atoms. The molecule has 0 aliphatic heterocycles. The lowest BCUT2D eigenvalue weighted by molar-refractivity contribution is 0.676. The summed E-state index contributed by atoms with van der Waals surface area (Å²) in [6, 6.07) is 0. The highest BCUT2D eigenvalue weighted by Crippen LogP contribution is 2.11. The molecule has 0 aliphatic carbocycles. The fourth-order valence-electron chi connectivity index (χ4n) is 0.847. The van der Waals surface area contributed by atoms with E-state index in [2.05, 4.69) is 29.7 Å². The van der Waals surface area contributed by atoms with Gasteiger partial charge in [-0.25, -0.2) is 9.97 Å². The summed E-state index contributed by atoms with van der Waals surface area (Å²) in [5, 5.41) is 0.330. The fourth-order valence-corrected chi connectivity index (χ4v) is 1.40. The van der Waals surface area contributed by atoms with Gasteiger partial charge in [0.25, 0.3) is 0 Å². The quantitative estimate of drug-likeness (QED) is 0.531. The molecule has 1 rings (SSSR count). The van der Waals surface area contributed by atoms with Crippen LogP contribution in [0.1, 0.15) is 25.3 Å². The van der Waals surface area contributed by atoms with Gasteiger partial charge in [-0.15, -0.1) is 0 Å². The van der Waals surface area contributed by atoms with Gasteiger partial charge in [0.1, 0.15) is 0 Å². The molecule has 0 saturated carbocycles. The van der Waals surface area contributed by atoms with E-state index in [-0.39, 0.29) is 0 Å². The summed E-state index contributed by atoms with van der Waals surface area (Å²) in [5.41, 5.74) is 1.05. The fraction of sp³-hybridized carbons (Fsp3) is 0.444. The van der Waals surface area contributed by atoms with Crippen LogP contribution in [0.5, 0.6) is 0 Å². The van der Waals surface area contributed by atoms with Crippen LogP contribution in [0.2, 0.25) is 0 Å². The predicted molar refractivity (Wildman–Crippen MR) is 55.6 cm³/mol. The van der Waals surface area contributed by atoms with Gasteiger partial charge < -0.3 is 0 Å². The minimum absolute atomic E-state index is 0.330. The highest BCUT2D eigenvalue weighted by Gasteiger charge is 2.05. The van der Waals surface area contributed by atoms with E-state index in [0.29, 0.717) is 11.1 Å². The molecule has 4 heteroatoms. The van der Waals surface area contributed by atoms with Gasteiger partial charge in [-0.1, -0.05) is 13.8 Å². The van der Waals surface area contributed by atoms with Crippen molar-refractivity contribution in [2.45, 2.75) is 24.9 Å². The second kappa shape index (κ2) is 3.46. The number of rotatable bonds is 2. The highest BCUT2D eigenvalue weighted by molar-refractivity contribution is 7.99. The molecule has 0 aromatic carbocycles. The third-order valence-electron chi connectivity index (χ3n) is 1.70. The van der Waals surface area contributed by atoms with Crippen molar-refractivity contribution in [1.29, 1.82) is 0 Å². The van der Waals surface area contributed by atoms with E-state index in [1.54, 1.807) is 12.4 Å². The Labute approximate surface area is 79.2 Å². The monoisotopic (exact) mass is 198 g/mol. The first-order valence-electron chi connectivity index (χ1n) is 4.05. The van der Waals surface area contributed by atoms with Crippen molar-refractivity contribution < 1.29 is 4.21 Å². The van der Waals surface area contributed by atoms with Crippen molar-refractivity contribution in [3.05, 3.63) is 18.0 Å². The standard InChI is InChI=1S/C9H14N2OS/c1-7(2)8-5-10-9(11-6-8)13(3,4)12/h5-7H,3H2,1-2,4H3. The molecule has 0 radical (unpaired) electrons. The Balaban J connectivity index is 3.08. The second-order valence-corrected chi connectivity index (χ2v) is 5.83. The van der Waals surface area contributed by atoms with Gasteiger partial charge in [-0.3, -0.25) is 4.21 Å². The maximum Gasteiger partial charge on any atom is 0.209 e. The molecule has 13 heavy (non-hydrogen) atoms. The van der Waals surface area contributed by atoms with E-state index >= 15 is 0 Å². The van der Waals surface area contributed by atoms with Gasteiger partial charge in [-0.2, -0.15) is 0 Å². The van der Waals surface area contributed by atoms with Crippen molar-refractivity contribution in [2.75, 3.05) is 6.26 Å². The molecule has 1 unspecified atom stereocenters. The molecule has 1 heterocycles. The predicted octanol–water partition coefficient (Wildman–Crippen LogP) is 1.31. The van der Waals surface area contributed by atoms with Crippen molar-refractivity contribution >= 4 is 15.4 Å². The minimum Gasteiger partial charge on any atom is -0.260 e. The number of hydrogen-bond acceptors (Lipinski definition) is 3. The van der Waals surface area contributed by atoms with Crippen molar-refractivity contribution in [3.8, 4) is 0 Å². The van der Waals surface area contributed by atoms with Gasteiger partial charge in [0.05, 0.1) is 0 Å². The largest absolute Gasteiger partial charge is 0.260 e. The lowest BCUT2D eigenvalue weighted by atomic mass is 10.1. The number of nitrogens with zero attached hydrogens (tertiary/aromatic N) is 2. The molecule has 0 N–H and O–H groups in total. The number of hydrogen-bond donors (Lipinski definition) is 0. The zero-order valence-corrected chi connectivity index (χ0v) is 8.97. The van der Waals surface area contributed by atoms with Gasteiger partial charge >= 0.3 is 0 Å². The van der Waals surface area contributed by atoms with Crippen LogP contribution in [0.25, 0.3) is 0 Å². The molecule has 0 amide bonds. The Kier molecular flexibility index (Phi) is 2.71. The normalized spacial score (nSPS) is 15.7. The van der Waals surface area contributed by atoms with E-state index in [0.717, 1.165) is 5.56 Å². The zero-order valence-electron chi connectivity index (χ0n) is 8.15. The molecule has 72 valence electrons. The minimum atomic E-state index is -2.27. The van der Waals surface area contributed by atoms with Crippen molar-refractivity contribution in [2.24, 2.45) is 0 Å². The van der Waals surface area contributed by atoms with Crippen LogP contribution in [0.3, 0.4) is 0 Å². The molecule has 1 aromatic rings. The van der Waals surface area contributed by atoms with Crippen LogP contribution in [-0.4, -0.2) is 26.3 Å². The van der Waals surface area contributed by atoms with Gasteiger partial charge in [0, 0.05) is 28.2 Å². The summed E-state index contributed by atoms with van der Waals surface area (Å²) in [6.45, 7) is 4.12. The Morgan fingerprint density at radius 3 is 2.15 bits per heavy atom. The third-order valence-corrected chi connectivity index (χ3v) is 2.68. The summed E-state index contributed by atoms with van der Waals surface area (Å²) in [6.07, 6.45) is 4.96. The van der Waals surface area contributed by atoms with Crippen LogP contribution >= 0.6 is 0 Å². The smallest absolute Gasteiger partial charge is 0.209 e. The van der Waals surface area contributed by atoms with Crippen LogP contribution in [0.15, 0.2) is 17.6 Å². The molecular weight excluding hydrogens is 184 g/mol. The van der Waals surface area contributed by atoms with Crippen molar-refractivity contribution in [3.63, 3.8) is 0 Å². The van der Waals surface area contributed by atoms with Crippen LogP contribution in [0.4, 0.5) is 0 Å². The van der Waals surface area contributed by atoms with Gasteiger partial charge in [0.2, 0.25) is 5.16 Å². The molecule has 0 saturated heterocycles. The topological polar surface area (TPSA) is 42.9 Å². The van der Waals surface area contributed by atoms with Crippen LogP contribution in [0, 0.1) is 0 Å². The Morgan fingerprint density at radius 1 is 1.38 bits per heavy atom. The summed E-state index contributed by atoms with van der Waals surface area (Å²) >= 11 is 0. The first kappa shape index (κ1) is 10.2.